The molecule has 2 bridgehead atoms. The molecule has 104 valence electrons. The van der Waals surface area contributed by atoms with Crippen LogP contribution in [-0.4, -0.2) is 37.2 Å². The van der Waals surface area contributed by atoms with Crippen molar-refractivity contribution in [1.82, 2.24) is 4.90 Å². The van der Waals surface area contributed by atoms with E-state index in [1.807, 2.05) is 6.07 Å². The van der Waals surface area contributed by atoms with E-state index in [-0.39, 0.29) is 0 Å². The summed E-state index contributed by atoms with van der Waals surface area (Å²) in [5.41, 5.74) is 1.18. The van der Waals surface area contributed by atoms with Crippen molar-refractivity contribution >= 4 is 21.6 Å². The predicted molar refractivity (Wildman–Crippen MR) is 81.9 cm³/mol. The zero-order valence-corrected chi connectivity index (χ0v) is 13.1. The quantitative estimate of drug-likeness (QED) is 0.921. The van der Waals surface area contributed by atoms with Crippen LogP contribution < -0.4 is 10.1 Å². The lowest BCUT2D eigenvalue weighted by molar-refractivity contribution is 0.169. The SMILES string of the molecule is COc1ccc(NC2CC3CCC(C2)N3C)cc1Br. The molecule has 3 nitrogen and oxygen atoms in total. The number of ether oxygens (including phenoxy) is 1. The first-order valence-corrected chi connectivity index (χ1v) is 7.78. The molecule has 2 fully saturated rings. The summed E-state index contributed by atoms with van der Waals surface area (Å²) < 4.78 is 6.28. The van der Waals surface area contributed by atoms with Gasteiger partial charge in [0.2, 0.25) is 0 Å². The van der Waals surface area contributed by atoms with Gasteiger partial charge in [-0.1, -0.05) is 0 Å². The van der Waals surface area contributed by atoms with Crippen molar-refractivity contribution in [2.24, 2.45) is 0 Å². The van der Waals surface area contributed by atoms with E-state index in [4.69, 9.17) is 4.74 Å². The Balaban J connectivity index is 1.67. The first-order chi connectivity index (χ1) is 9.17. The molecule has 0 radical (unpaired) electrons. The molecule has 19 heavy (non-hydrogen) atoms. The molecular formula is C15H21BrN2O. The van der Waals surface area contributed by atoms with Gasteiger partial charge in [0.25, 0.3) is 0 Å². The van der Waals surface area contributed by atoms with Crippen LogP contribution in [0.25, 0.3) is 0 Å². The van der Waals surface area contributed by atoms with E-state index in [0.29, 0.717) is 6.04 Å². The van der Waals surface area contributed by atoms with Gasteiger partial charge in [0, 0.05) is 23.8 Å². The van der Waals surface area contributed by atoms with Crippen LogP contribution in [-0.2, 0) is 0 Å². The summed E-state index contributed by atoms with van der Waals surface area (Å²) in [7, 11) is 3.98. The van der Waals surface area contributed by atoms with Crippen LogP contribution in [0.1, 0.15) is 25.7 Å². The average molecular weight is 325 g/mol. The molecule has 1 N–H and O–H groups in total. The van der Waals surface area contributed by atoms with Crippen molar-refractivity contribution < 1.29 is 4.74 Å². The van der Waals surface area contributed by atoms with Crippen molar-refractivity contribution in [2.45, 2.75) is 43.8 Å². The molecule has 0 spiro atoms. The van der Waals surface area contributed by atoms with Gasteiger partial charge in [0.1, 0.15) is 5.75 Å². The third-order valence-corrected chi connectivity index (χ3v) is 5.24. The first-order valence-electron chi connectivity index (χ1n) is 6.99. The standard InChI is InChI=1S/C15H21BrN2O/c1-18-12-4-5-13(18)8-11(7-12)17-10-3-6-15(19-2)14(16)9-10/h3,6,9,11-13,17H,4-5,7-8H2,1-2H3. The highest BCUT2D eigenvalue weighted by Crippen LogP contribution is 2.36. The molecule has 2 unspecified atom stereocenters. The fourth-order valence-electron chi connectivity index (χ4n) is 3.52. The number of hydrogen-bond donors (Lipinski definition) is 1. The third kappa shape index (κ3) is 2.61. The van der Waals surface area contributed by atoms with Crippen LogP contribution in [0.3, 0.4) is 0 Å². The van der Waals surface area contributed by atoms with E-state index >= 15 is 0 Å². The maximum absolute atomic E-state index is 5.27. The van der Waals surface area contributed by atoms with E-state index < -0.39 is 0 Å². The van der Waals surface area contributed by atoms with Gasteiger partial charge in [-0.15, -0.1) is 0 Å². The summed E-state index contributed by atoms with van der Waals surface area (Å²) in [5, 5.41) is 3.68. The number of anilines is 1. The number of rotatable bonds is 3. The Morgan fingerprint density at radius 2 is 1.95 bits per heavy atom. The highest BCUT2D eigenvalue weighted by atomic mass is 79.9. The summed E-state index contributed by atoms with van der Waals surface area (Å²) in [5.74, 6) is 0.883. The van der Waals surface area contributed by atoms with Gasteiger partial charge < -0.3 is 15.0 Å². The number of fused-ring (bicyclic) bond motifs is 2. The highest BCUT2D eigenvalue weighted by molar-refractivity contribution is 9.10. The van der Waals surface area contributed by atoms with E-state index in [1.165, 1.54) is 31.4 Å². The molecule has 1 aromatic carbocycles. The zero-order valence-electron chi connectivity index (χ0n) is 11.5. The fourth-order valence-corrected chi connectivity index (χ4v) is 4.06. The maximum atomic E-state index is 5.27. The minimum Gasteiger partial charge on any atom is -0.496 e. The lowest BCUT2D eigenvalue weighted by Gasteiger charge is -2.37. The van der Waals surface area contributed by atoms with Gasteiger partial charge in [-0.2, -0.15) is 0 Å². The van der Waals surface area contributed by atoms with E-state index in [2.05, 4.69) is 45.3 Å². The van der Waals surface area contributed by atoms with Crippen LogP contribution in [0.15, 0.2) is 22.7 Å². The molecule has 0 saturated carbocycles. The second kappa shape index (κ2) is 5.33. The van der Waals surface area contributed by atoms with Crippen LogP contribution in [0.4, 0.5) is 5.69 Å². The van der Waals surface area contributed by atoms with Gasteiger partial charge >= 0.3 is 0 Å². The van der Waals surface area contributed by atoms with Gasteiger partial charge in [0.15, 0.2) is 0 Å². The molecule has 2 atom stereocenters. The second-order valence-corrected chi connectivity index (χ2v) is 6.57. The Bertz CT molecular complexity index is 451. The van der Waals surface area contributed by atoms with Crippen molar-refractivity contribution in [1.29, 1.82) is 0 Å². The Kier molecular flexibility index (Phi) is 3.72. The number of benzene rings is 1. The molecule has 2 aliphatic heterocycles. The third-order valence-electron chi connectivity index (χ3n) is 4.62. The van der Waals surface area contributed by atoms with Crippen molar-refractivity contribution in [3.8, 4) is 5.75 Å². The summed E-state index contributed by atoms with van der Waals surface area (Å²) in [4.78, 5) is 2.57. The smallest absolute Gasteiger partial charge is 0.133 e. The minimum absolute atomic E-state index is 0.606. The van der Waals surface area contributed by atoms with Crippen molar-refractivity contribution in [3.05, 3.63) is 22.7 Å². The topological polar surface area (TPSA) is 24.5 Å². The van der Waals surface area contributed by atoms with Gasteiger partial charge in [0.05, 0.1) is 11.6 Å². The molecule has 2 saturated heterocycles. The van der Waals surface area contributed by atoms with Gasteiger partial charge in [-0.3, -0.25) is 0 Å². The van der Waals surface area contributed by atoms with Gasteiger partial charge in [-0.05, 0) is 66.9 Å². The lowest BCUT2D eigenvalue weighted by Crippen LogP contribution is -2.44. The highest BCUT2D eigenvalue weighted by Gasteiger charge is 2.38. The molecule has 2 aliphatic rings. The fraction of sp³-hybridized carbons (Fsp3) is 0.600. The maximum Gasteiger partial charge on any atom is 0.133 e. The Labute approximate surface area is 123 Å². The van der Waals surface area contributed by atoms with Gasteiger partial charge in [-0.25, -0.2) is 0 Å². The van der Waals surface area contributed by atoms with Crippen molar-refractivity contribution in [2.75, 3.05) is 19.5 Å². The molecule has 0 aromatic heterocycles. The number of nitrogens with one attached hydrogen (secondary N) is 1. The van der Waals surface area contributed by atoms with E-state index in [1.54, 1.807) is 7.11 Å². The number of hydrogen-bond acceptors (Lipinski definition) is 3. The Morgan fingerprint density at radius 3 is 2.53 bits per heavy atom. The summed E-state index contributed by atoms with van der Waals surface area (Å²) >= 11 is 3.54. The normalized spacial score (nSPS) is 30.4. The summed E-state index contributed by atoms with van der Waals surface area (Å²) in [6.45, 7) is 0. The zero-order chi connectivity index (χ0) is 13.4. The van der Waals surface area contributed by atoms with E-state index in [0.717, 1.165) is 22.3 Å². The van der Waals surface area contributed by atoms with Crippen LogP contribution in [0, 0.1) is 0 Å². The Morgan fingerprint density at radius 1 is 1.26 bits per heavy atom. The second-order valence-electron chi connectivity index (χ2n) is 5.71. The average Bonchev–Trinajstić information content (AvgIpc) is 2.63. The number of halogens is 1. The lowest BCUT2D eigenvalue weighted by atomic mass is 9.98. The van der Waals surface area contributed by atoms with Crippen LogP contribution in [0.5, 0.6) is 5.75 Å². The summed E-state index contributed by atoms with van der Waals surface area (Å²) in [6.07, 6.45) is 5.25. The van der Waals surface area contributed by atoms with Crippen LogP contribution >= 0.6 is 15.9 Å². The monoisotopic (exact) mass is 324 g/mol. The number of nitrogens with zero attached hydrogens (tertiary/aromatic N) is 1. The predicted octanol–water partition coefficient (Wildman–Crippen LogP) is 3.49. The Hall–Kier alpha value is -0.740. The molecule has 4 heteroatoms. The summed E-state index contributed by atoms with van der Waals surface area (Å²) in [6, 6.07) is 8.38. The molecule has 0 amide bonds. The number of piperidine rings is 1. The number of methoxy groups -OCH3 is 1. The molecular weight excluding hydrogens is 304 g/mol. The molecule has 3 rings (SSSR count). The first kappa shape index (κ1) is 13.3. The van der Waals surface area contributed by atoms with Crippen LogP contribution in [0.2, 0.25) is 0 Å². The van der Waals surface area contributed by atoms with Crippen molar-refractivity contribution in [3.63, 3.8) is 0 Å². The molecule has 2 heterocycles. The largest absolute Gasteiger partial charge is 0.496 e. The molecule has 0 aliphatic carbocycles. The van der Waals surface area contributed by atoms with E-state index in [9.17, 15) is 0 Å². The minimum atomic E-state index is 0.606. The molecule has 1 aromatic rings.